The van der Waals surface area contributed by atoms with Gasteiger partial charge in [0.2, 0.25) is 17.3 Å². The minimum Gasteiger partial charge on any atom is -0.463 e. The molecule has 0 saturated heterocycles. The fourth-order valence-electron chi connectivity index (χ4n) is 1.15. The van der Waals surface area contributed by atoms with Gasteiger partial charge >= 0.3 is 25.7 Å². The standard InChI is InChI=1S/C14H18BrO10P/c1-6-21-13(17)10(4)24-26(19,23-9(3)12(16)20-5)25-11(8-15)14(18)22-7-2/h8H,3-4,6-7H2,1-2,5H3/b11-8+. The lowest BCUT2D eigenvalue weighted by atomic mass is 10.6. The second-order valence-corrected chi connectivity index (χ2v) is 5.87. The molecule has 0 bridgehead atoms. The minimum absolute atomic E-state index is 0.0110. The SMILES string of the molecule is C=C(OP(=O)(OC(=C)C(=O)OCC)O/C(=C/Br)C(=O)OCC)C(=O)OC. The van der Waals surface area contributed by atoms with Crippen molar-refractivity contribution < 1.29 is 46.7 Å². The number of methoxy groups -OCH3 is 1. The average Bonchev–Trinajstić information content (AvgIpc) is 2.58. The Labute approximate surface area is 158 Å². The summed E-state index contributed by atoms with van der Waals surface area (Å²) in [5, 5.41) is 0. The molecule has 26 heavy (non-hydrogen) atoms. The highest BCUT2D eigenvalue weighted by Crippen LogP contribution is 2.55. The van der Waals surface area contributed by atoms with E-state index in [1.807, 2.05) is 0 Å². The third-order valence-corrected chi connectivity index (χ3v) is 3.87. The van der Waals surface area contributed by atoms with Gasteiger partial charge in [0.15, 0.2) is 0 Å². The molecule has 0 N–H and O–H groups in total. The van der Waals surface area contributed by atoms with Crippen molar-refractivity contribution in [3.8, 4) is 0 Å². The zero-order valence-electron chi connectivity index (χ0n) is 14.3. The Morgan fingerprint density at radius 2 is 1.38 bits per heavy atom. The van der Waals surface area contributed by atoms with E-state index in [4.69, 9.17) is 13.6 Å². The second-order valence-electron chi connectivity index (χ2n) is 3.97. The quantitative estimate of drug-likeness (QED) is 0.150. The van der Waals surface area contributed by atoms with E-state index >= 15 is 0 Å². The first-order valence-electron chi connectivity index (χ1n) is 6.93. The molecule has 1 unspecified atom stereocenters. The Hall–Kier alpha value is -2.26. The lowest BCUT2D eigenvalue weighted by molar-refractivity contribution is -0.141. The van der Waals surface area contributed by atoms with Gasteiger partial charge in [0.25, 0.3) is 0 Å². The van der Waals surface area contributed by atoms with Crippen LogP contribution in [0.15, 0.2) is 35.4 Å². The van der Waals surface area contributed by atoms with Gasteiger partial charge in [-0.3, -0.25) is 0 Å². The van der Waals surface area contributed by atoms with Crippen LogP contribution in [0.25, 0.3) is 0 Å². The number of phosphoric acid groups is 1. The number of carbonyl (C=O) groups excluding carboxylic acids is 3. The largest absolute Gasteiger partial charge is 0.647 e. The molecule has 0 amide bonds. The van der Waals surface area contributed by atoms with Crippen LogP contribution in [0.3, 0.4) is 0 Å². The molecular weight excluding hydrogens is 439 g/mol. The Morgan fingerprint density at radius 3 is 1.81 bits per heavy atom. The lowest BCUT2D eigenvalue weighted by Gasteiger charge is -2.20. The Kier molecular flexibility index (Phi) is 10.4. The van der Waals surface area contributed by atoms with E-state index in [2.05, 4.69) is 43.3 Å². The number of hydrogen-bond acceptors (Lipinski definition) is 10. The highest BCUT2D eigenvalue weighted by atomic mass is 79.9. The van der Waals surface area contributed by atoms with Crippen LogP contribution >= 0.6 is 23.8 Å². The van der Waals surface area contributed by atoms with E-state index < -0.39 is 43.0 Å². The normalized spacial score (nSPS) is 12.8. The van der Waals surface area contributed by atoms with Crippen LogP contribution in [0.2, 0.25) is 0 Å². The van der Waals surface area contributed by atoms with Crippen LogP contribution < -0.4 is 0 Å². The van der Waals surface area contributed by atoms with E-state index in [1.165, 1.54) is 13.8 Å². The molecular formula is C14H18BrO10P. The number of phosphoric ester groups is 1. The fraction of sp³-hybridized carbons (Fsp3) is 0.357. The van der Waals surface area contributed by atoms with Gasteiger partial charge in [0.05, 0.1) is 20.3 Å². The second kappa shape index (κ2) is 11.4. The van der Waals surface area contributed by atoms with Crippen LogP contribution in [0, 0.1) is 0 Å². The number of rotatable bonds is 11. The molecule has 0 rings (SSSR count). The molecule has 1 atom stereocenters. The zero-order valence-corrected chi connectivity index (χ0v) is 16.8. The van der Waals surface area contributed by atoms with Gasteiger partial charge in [-0.05, 0) is 27.0 Å². The van der Waals surface area contributed by atoms with E-state index in [-0.39, 0.29) is 13.2 Å². The number of halogens is 1. The molecule has 0 aromatic rings. The van der Waals surface area contributed by atoms with E-state index in [0.29, 0.717) is 0 Å². The van der Waals surface area contributed by atoms with Crippen LogP contribution in [0.5, 0.6) is 0 Å². The Morgan fingerprint density at radius 1 is 0.923 bits per heavy atom. The highest BCUT2D eigenvalue weighted by Gasteiger charge is 2.39. The smallest absolute Gasteiger partial charge is 0.463 e. The molecule has 0 aliphatic carbocycles. The van der Waals surface area contributed by atoms with Crippen molar-refractivity contribution in [1.82, 2.24) is 0 Å². The molecule has 0 saturated carbocycles. The first-order valence-corrected chi connectivity index (χ1v) is 9.31. The van der Waals surface area contributed by atoms with Gasteiger partial charge < -0.3 is 27.8 Å². The third kappa shape index (κ3) is 7.75. The van der Waals surface area contributed by atoms with Gasteiger partial charge in [-0.15, -0.1) is 0 Å². The molecule has 0 aromatic heterocycles. The zero-order chi connectivity index (χ0) is 20.3. The molecule has 0 aliphatic heterocycles. The maximum Gasteiger partial charge on any atom is 0.647 e. The summed E-state index contributed by atoms with van der Waals surface area (Å²) in [7, 11) is -3.81. The lowest BCUT2D eigenvalue weighted by Crippen LogP contribution is -2.15. The summed E-state index contributed by atoms with van der Waals surface area (Å²) < 4.78 is 40.8. The summed E-state index contributed by atoms with van der Waals surface area (Å²) in [6.07, 6.45) is 0. The fourth-order valence-corrected chi connectivity index (χ4v) is 2.74. The van der Waals surface area contributed by atoms with Crippen molar-refractivity contribution in [2.75, 3.05) is 20.3 Å². The molecule has 0 aromatic carbocycles. The Balaban J connectivity index is 5.58. The molecule has 0 radical (unpaired) electrons. The van der Waals surface area contributed by atoms with Crippen molar-refractivity contribution in [3.05, 3.63) is 35.4 Å². The number of ether oxygens (including phenoxy) is 3. The van der Waals surface area contributed by atoms with Gasteiger partial charge in [-0.2, -0.15) is 4.57 Å². The van der Waals surface area contributed by atoms with Crippen molar-refractivity contribution in [2.45, 2.75) is 13.8 Å². The van der Waals surface area contributed by atoms with Crippen molar-refractivity contribution in [2.24, 2.45) is 0 Å². The van der Waals surface area contributed by atoms with Crippen LogP contribution in [0.1, 0.15) is 13.8 Å². The first-order chi connectivity index (χ1) is 12.1. The van der Waals surface area contributed by atoms with Crippen molar-refractivity contribution in [3.63, 3.8) is 0 Å². The van der Waals surface area contributed by atoms with E-state index in [1.54, 1.807) is 0 Å². The summed E-state index contributed by atoms with van der Waals surface area (Å²) in [5.41, 5.74) is 0. The average molecular weight is 457 g/mol. The predicted octanol–water partition coefficient (Wildman–Crippen LogP) is 2.71. The van der Waals surface area contributed by atoms with Gasteiger partial charge in [0, 0.05) is 4.99 Å². The number of carbonyl (C=O) groups is 3. The van der Waals surface area contributed by atoms with Crippen molar-refractivity contribution in [1.29, 1.82) is 0 Å². The molecule has 0 spiro atoms. The van der Waals surface area contributed by atoms with Crippen LogP contribution in [0.4, 0.5) is 0 Å². The van der Waals surface area contributed by atoms with E-state index in [0.717, 1.165) is 12.1 Å². The summed E-state index contributed by atoms with van der Waals surface area (Å²) in [6.45, 7) is 9.43. The molecule has 0 aliphatic rings. The molecule has 0 fully saturated rings. The first kappa shape index (κ1) is 23.7. The van der Waals surface area contributed by atoms with Crippen LogP contribution in [-0.4, -0.2) is 38.2 Å². The van der Waals surface area contributed by atoms with Gasteiger partial charge in [-0.25, -0.2) is 14.4 Å². The number of esters is 3. The van der Waals surface area contributed by atoms with E-state index in [9.17, 15) is 18.9 Å². The molecule has 12 heteroatoms. The minimum atomic E-state index is -4.83. The summed E-state index contributed by atoms with van der Waals surface area (Å²) in [5.74, 6) is -5.36. The van der Waals surface area contributed by atoms with Crippen LogP contribution in [-0.2, 0) is 46.7 Å². The van der Waals surface area contributed by atoms with Crippen molar-refractivity contribution >= 4 is 41.7 Å². The topological polar surface area (TPSA) is 124 Å². The maximum atomic E-state index is 12.8. The maximum absolute atomic E-state index is 12.8. The Bertz CT molecular complexity index is 654. The summed E-state index contributed by atoms with van der Waals surface area (Å²) in [6, 6.07) is 0. The molecule has 10 nitrogen and oxygen atoms in total. The monoisotopic (exact) mass is 456 g/mol. The highest BCUT2D eigenvalue weighted by molar-refractivity contribution is 9.11. The number of hydrogen-bond donors (Lipinski definition) is 0. The molecule has 146 valence electrons. The molecule has 0 heterocycles. The third-order valence-electron chi connectivity index (χ3n) is 2.15. The summed E-state index contributed by atoms with van der Waals surface area (Å²) >= 11 is 2.82. The predicted molar refractivity (Wildman–Crippen MR) is 91.4 cm³/mol. The summed E-state index contributed by atoms with van der Waals surface area (Å²) in [4.78, 5) is 35.6. The van der Waals surface area contributed by atoms with Gasteiger partial charge in [0.1, 0.15) is 0 Å². The van der Waals surface area contributed by atoms with Gasteiger partial charge in [-0.1, -0.05) is 15.9 Å².